The lowest BCUT2D eigenvalue weighted by atomic mass is 10.3. The third kappa shape index (κ3) is 4.29. The number of hydrogen-bond donors (Lipinski definition) is 0. The molecule has 1 aromatic heterocycles. The Bertz CT molecular complexity index is 535. The summed E-state index contributed by atoms with van der Waals surface area (Å²) in [4.78, 5) is 27.9. The molecule has 0 aliphatic carbocycles. The summed E-state index contributed by atoms with van der Waals surface area (Å²) < 4.78 is 6.09. The van der Waals surface area contributed by atoms with Gasteiger partial charge in [0.25, 0.3) is 5.56 Å². The molecule has 21 heavy (non-hydrogen) atoms. The maximum Gasteiger partial charge on any atom is 0.327 e. The van der Waals surface area contributed by atoms with Gasteiger partial charge in [0.15, 0.2) is 0 Å². The van der Waals surface area contributed by atoms with Gasteiger partial charge in [0.1, 0.15) is 6.54 Å². The number of aromatic nitrogens is 2. The number of piperazine rings is 1. The normalized spacial score (nSPS) is 16.0. The molecule has 0 atom stereocenters. The van der Waals surface area contributed by atoms with Crippen molar-refractivity contribution in [1.29, 1.82) is 0 Å². The van der Waals surface area contributed by atoms with Crippen LogP contribution in [0.4, 0.5) is 5.69 Å². The Hall–Kier alpha value is -1.89. The monoisotopic (exact) mass is 294 g/mol. The zero-order chi connectivity index (χ0) is 15.2. The van der Waals surface area contributed by atoms with Gasteiger partial charge in [-0.1, -0.05) is 6.92 Å². The largest absolute Gasteiger partial charge is 0.464 e. The topological polar surface area (TPSA) is 67.7 Å². The van der Waals surface area contributed by atoms with Crippen LogP contribution >= 0.6 is 0 Å². The number of likely N-dealkylation sites (N-methyl/N-ethyl adjacent to an activating group) is 1. The van der Waals surface area contributed by atoms with E-state index < -0.39 is 5.97 Å². The first kappa shape index (κ1) is 15.5. The van der Waals surface area contributed by atoms with Gasteiger partial charge in [-0.05, 0) is 13.5 Å². The van der Waals surface area contributed by atoms with Crippen molar-refractivity contribution < 1.29 is 9.53 Å². The molecule has 1 aliphatic heterocycles. The van der Waals surface area contributed by atoms with Gasteiger partial charge in [0.05, 0.1) is 18.5 Å². The second-order valence-corrected chi connectivity index (χ2v) is 5.22. The minimum Gasteiger partial charge on any atom is -0.464 e. The van der Waals surface area contributed by atoms with Gasteiger partial charge in [-0.15, -0.1) is 0 Å². The Morgan fingerprint density at radius 1 is 1.33 bits per heavy atom. The third-order valence-electron chi connectivity index (χ3n) is 3.47. The van der Waals surface area contributed by atoms with E-state index in [0.717, 1.165) is 43.0 Å². The molecule has 7 heteroatoms. The number of ether oxygens (including phenoxy) is 1. The van der Waals surface area contributed by atoms with E-state index in [-0.39, 0.29) is 12.1 Å². The van der Waals surface area contributed by atoms with Gasteiger partial charge < -0.3 is 14.5 Å². The standard InChI is InChI=1S/C14H22N4O3/c1-3-8-21-14(20)11-18-13(19)9-12(10-15-18)17-6-4-16(2)5-7-17/h9-10H,3-8,11H2,1-2H3. The first-order valence-electron chi connectivity index (χ1n) is 7.26. The highest BCUT2D eigenvalue weighted by molar-refractivity contribution is 5.69. The number of carbonyl (C=O) groups excluding carboxylic acids is 1. The summed E-state index contributed by atoms with van der Waals surface area (Å²) in [6.45, 7) is 5.83. The number of esters is 1. The van der Waals surface area contributed by atoms with E-state index in [0.29, 0.717) is 6.61 Å². The number of hydrogen-bond acceptors (Lipinski definition) is 6. The smallest absolute Gasteiger partial charge is 0.327 e. The van der Waals surface area contributed by atoms with E-state index in [4.69, 9.17) is 4.74 Å². The maximum atomic E-state index is 12.0. The summed E-state index contributed by atoms with van der Waals surface area (Å²) in [5.41, 5.74) is 0.533. The molecule has 1 aromatic rings. The molecule has 0 bridgehead atoms. The second-order valence-electron chi connectivity index (χ2n) is 5.22. The molecule has 116 valence electrons. The van der Waals surface area contributed by atoms with E-state index in [1.807, 2.05) is 6.92 Å². The molecule has 2 heterocycles. The second kappa shape index (κ2) is 7.21. The lowest BCUT2D eigenvalue weighted by Crippen LogP contribution is -2.45. The fourth-order valence-electron chi connectivity index (χ4n) is 2.16. The summed E-state index contributed by atoms with van der Waals surface area (Å²) in [5.74, 6) is -0.432. The van der Waals surface area contributed by atoms with Crippen molar-refractivity contribution in [3.63, 3.8) is 0 Å². The molecular formula is C14H22N4O3. The van der Waals surface area contributed by atoms with Crippen molar-refractivity contribution in [3.8, 4) is 0 Å². The summed E-state index contributed by atoms with van der Waals surface area (Å²) in [6.07, 6.45) is 2.40. The van der Waals surface area contributed by atoms with Crippen molar-refractivity contribution in [3.05, 3.63) is 22.6 Å². The van der Waals surface area contributed by atoms with Crippen molar-refractivity contribution >= 4 is 11.7 Å². The fourth-order valence-corrected chi connectivity index (χ4v) is 2.16. The highest BCUT2D eigenvalue weighted by Crippen LogP contribution is 2.11. The number of anilines is 1. The molecule has 0 radical (unpaired) electrons. The van der Waals surface area contributed by atoms with Crippen LogP contribution in [0.2, 0.25) is 0 Å². The highest BCUT2D eigenvalue weighted by atomic mass is 16.5. The fraction of sp³-hybridized carbons (Fsp3) is 0.643. The van der Waals surface area contributed by atoms with Crippen LogP contribution < -0.4 is 10.5 Å². The summed E-state index contributed by atoms with van der Waals surface area (Å²) in [5, 5.41) is 4.07. The highest BCUT2D eigenvalue weighted by Gasteiger charge is 2.16. The van der Waals surface area contributed by atoms with Crippen molar-refractivity contribution in [2.75, 3.05) is 44.7 Å². The van der Waals surface area contributed by atoms with Crippen LogP contribution in [0.1, 0.15) is 13.3 Å². The Morgan fingerprint density at radius 2 is 2.05 bits per heavy atom. The Morgan fingerprint density at radius 3 is 2.67 bits per heavy atom. The minimum atomic E-state index is -0.432. The predicted octanol–water partition coefficient (Wildman–Crippen LogP) is -0.0517. The van der Waals surface area contributed by atoms with Gasteiger partial charge in [0, 0.05) is 32.2 Å². The third-order valence-corrected chi connectivity index (χ3v) is 3.47. The van der Waals surface area contributed by atoms with Crippen LogP contribution in [0.15, 0.2) is 17.1 Å². The van der Waals surface area contributed by atoms with Gasteiger partial charge in [0.2, 0.25) is 0 Å². The van der Waals surface area contributed by atoms with Crippen LogP contribution in [0.5, 0.6) is 0 Å². The van der Waals surface area contributed by atoms with E-state index >= 15 is 0 Å². The van der Waals surface area contributed by atoms with Crippen LogP contribution in [0, 0.1) is 0 Å². The van der Waals surface area contributed by atoms with E-state index in [1.165, 1.54) is 6.07 Å². The van der Waals surface area contributed by atoms with Gasteiger partial charge >= 0.3 is 5.97 Å². The Kier molecular flexibility index (Phi) is 5.32. The zero-order valence-corrected chi connectivity index (χ0v) is 12.6. The molecule has 1 aliphatic rings. The maximum absolute atomic E-state index is 12.0. The molecular weight excluding hydrogens is 272 g/mol. The minimum absolute atomic E-state index is 0.137. The zero-order valence-electron chi connectivity index (χ0n) is 12.6. The van der Waals surface area contributed by atoms with Gasteiger partial charge in [-0.25, -0.2) is 4.68 Å². The van der Waals surface area contributed by atoms with E-state index in [2.05, 4.69) is 21.9 Å². The van der Waals surface area contributed by atoms with Crippen molar-refractivity contribution in [1.82, 2.24) is 14.7 Å². The molecule has 2 rings (SSSR count). The van der Waals surface area contributed by atoms with Crippen LogP contribution in [0.25, 0.3) is 0 Å². The predicted molar refractivity (Wildman–Crippen MR) is 79.5 cm³/mol. The first-order valence-corrected chi connectivity index (χ1v) is 7.26. The van der Waals surface area contributed by atoms with Gasteiger partial charge in [-0.2, -0.15) is 5.10 Å². The molecule has 0 amide bonds. The quantitative estimate of drug-likeness (QED) is 0.709. The average molecular weight is 294 g/mol. The Labute approximate surface area is 124 Å². The summed E-state index contributed by atoms with van der Waals surface area (Å²) in [6, 6.07) is 1.53. The molecule has 7 nitrogen and oxygen atoms in total. The number of nitrogens with zero attached hydrogens (tertiary/aromatic N) is 4. The molecule has 0 saturated carbocycles. The molecule has 1 saturated heterocycles. The molecule has 0 N–H and O–H groups in total. The van der Waals surface area contributed by atoms with Crippen LogP contribution in [-0.2, 0) is 16.1 Å². The summed E-state index contributed by atoms with van der Waals surface area (Å²) >= 11 is 0. The number of rotatable bonds is 5. The molecule has 0 aromatic carbocycles. The van der Waals surface area contributed by atoms with Crippen molar-refractivity contribution in [2.24, 2.45) is 0 Å². The van der Waals surface area contributed by atoms with Gasteiger partial charge in [-0.3, -0.25) is 9.59 Å². The summed E-state index contributed by atoms with van der Waals surface area (Å²) in [7, 11) is 2.08. The van der Waals surface area contributed by atoms with Crippen molar-refractivity contribution in [2.45, 2.75) is 19.9 Å². The average Bonchev–Trinajstić information content (AvgIpc) is 2.48. The molecule has 1 fully saturated rings. The lowest BCUT2D eigenvalue weighted by Gasteiger charge is -2.33. The number of carbonyl (C=O) groups is 1. The van der Waals surface area contributed by atoms with E-state index in [1.54, 1.807) is 6.20 Å². The van der Waals surface area contributed by atoms with Crippen LogP contribution in [-0.4, -0.2) is 60.5 Å². The first-order chi connectivity index (χ1) is 10.1. The van der Waals surface area contributed by atoms with Crippen LogP contribution in [0.3, 0.4) is 0 Å². The lowest BCUT2D eigenvalue weighted by molar-refractivity contribution is -0.144. The Balaban J connectivity index is 2.00. The molecule has 0 spiro atoms. The van der Waals surface area contributed by atoms with E-state index in [9.17, 15) is 9.59 Å². The SMILES string of the molecule is CCCOC(=O)Cn1ncc(N2CCN(C)CC2)cc1=O. The molecule has 0 unspecified atom stereocenters.